The van der Waals surface area contributed by atoms with Gasteiger partial charge in [0.25, 0.3) is 5.91 Å². The molecule has 0 radical (unpaired) electrons. The van der Waals surface area contributed by atoms with Gasteiger partial charge >= 0.3 is 0 Å². The molecule has 1 amide bonds. The fourth-order valence-electron chi connectivity index (χ4n) is 2.75. The zero-order chi connectivity index (χ0) is 14.4. The second-order valence-corrected chi connectivity index (χ2v) is 5.74. The molecular weight excluding hydrogens is 250 g/mol. The van der Waals surface area contributed by atoms with Gasteiger partial charge in [0.05, 0.1) is 0 Å². The number of rotatable bonds is 4. The van der Waals surface area contributed by atoms with E-state index in [1.165, 1.54) is 19.3 Å². The van der Waals surface area contributed by atoms with Gasteiger partial charge in [-0.05, 0) is 44.2 Å². The largest absolute Gasteiger partial charge is 0.370 e. The summed E-state index contributed by atoms with van der Waals surface area (Å²) >= 11 is 0. The molecule has 1 aromatic rings. The van der Waals surface area contributed by atoms with E-state index in [1.807, 2.05) is 13.0 Å². The van der Waals surface area contributed by atoms with Crippen LogP contribution in [0.5, 0.6) is 0 Å². The molecule has 1 saturated carbocycles. The summed E-state index contributed by atoms with van der Waals surface area (Å²) in [6, 6.07) is 3.91. The maximum absolute atomic E-state index is 12.3. The Kier molecular flexibility index (Phi) is 5.39. The lowest BCUT2D eigenvalue weighted by atomic mass is 10.0. The van der Waals surface area contributed by atoms with Crippen molar-refractivity contribution in [2.45, 2.75) is 52.0 Å². The monoisotopic (exact) mass is 275 g/mol. The molecular formula is C16H25N3O. The van der Waals surface area contributed by atoms with Crippen LogP contribution in [0, 0.1) is 5.92 Å². The summed E-state index contributed by atoms with van der Waals surface area (Å²) in [4.78, 5) is 16.5. The number of aromatic nitrogens is 1. The minimum atomic E-state index is 0.0195. The quantitative estimate of drug-likeness (QED) is 0.830. The van der Waals surface area contributed by atoms with Crippen molar-refractivity contribution >= 4 is 11.7 Å². The van der Waals surface area contributed by atoms with Crippen molar-refractivity contribution in [1.29, 1.82) is 0 Å². The summed E-state index contributed by atoms with van der Waals surface area (Å²) in [5.41, 5.74) is 0.688. The predicted octanol–water partition coefficient (Wildman–Crippen LogP) is 3.21. The lowest BCUT2D eigenvalue weighted by Gasteiger charge is -2.16. The minimum Gasteiger partial charge on any atom is -0.370 e. The Labute approximate surface area is 121 Å². The molecule has 110 valence electrons. The number of amides is 1. The number of hydrogen-bond donors (Lipinski definition) is 2. The highest BCUT2D eigenvalue weighted by Crippen LogP contribution is 2.22. The first-order valence-electron chi connectivity index (χ1n) is 7.69. The third kappa shape index (κ3) is 4.22. The number of nitrogens with one attached hydrogen (secondary N) is 2. The molecule has 2 N–H and O–H groups in total. The van der Waals surface area contributed by atoms with Crippen molar-refractivity contribution in [2.75, 3.05) is 11.9 Å². The van der Waals surface area contributed by atoms with Gasteiger partial charge in [0, 0.05) is 24.3 Å². The summed E-state index contributed by atoms with van der Waals surface area (Å²) in [6.45, 7) is 5.12. The minimum absolute atomic E-state index is 0.0195. The molecule has 0 spiro atoms. The van der Waals surface area contributed by atoms with Crippen LogP contribution in [0.15, 0.2) is 18.3 Å². The van der Waals surface area contributed by atoms with Crippen molar-refractivity contribution in [3.05, 3.63) is 23.9 Å². The van der Waals surface area contributed by atoms with E-state index in [4.69, 9.17) is 0 Å². The fourth-order valence-corrected chi connectivity index (χ4v) is 2.75. The Hall–Kier alpha value is -1.58. The van der Waals surface area contributed by atoms with Gasteiger partial charge in [-0.3, -0.25) is 4.79 Å². The molecule has 2 atom stereocenters. The van der Waals surface area contributed by atoms with E-state index >= 15 is 0 Å². The number of hydrogen-bond acceptors (Lipinski definition) is 3. The van der Waals surface area contributed by atoms with E-state index in [9.17, 15) is 4.79 Å². The van der Waals surface area contributed by atoms with Gasteiger partial charge in [-0.1, -0.05) is 19.8 Å². The van der Waals surface area contributed by atoms with Gasteiger partial charge in [0.1, 0.15) is 5.82 Å². The van der Waals surface area contributed by atoms with Crippen LogP contribution in [0.1, 0.15) is 56.3 Å². The van der Waals surface area contributed by atoms with E-state index in [-0.39, 0.29) is 5.91 Å². The zero-order valence-electron chi connectivity index (χ0n) is 12.5. The summed E-state index contributed by atoms with van der Waals surface area (Å²) in [7, 11) is 0. The highest BCUT2D eigenvalue weighted by molar-refractivity contribution is 5.94. The topological polar surface area (TPSA) is 54.0 Å². The molecule has 0 saturated heterocycles. The van der Waals surface area contributed by atoms with E-state index in [0.717, 1.165) is 31.1 Å². The lowest BCUT2D eigenvalue weighted by molar-refractivity contribution is 0.0933. The molecule has 0 bridgehead atoms. The average Bonchev–Trinajstić information content (AvgIpc) is 2.64. The molecule has 0 aliphatic heterocycles. The van der Waals surface area contributed by atoms with Crippen molar-refractivity contribution in [2.24, 2.45) is 5.92 Å². The maximum Gasteiger partial charge on any atom is 0.251 e. The maximum atomic E-state index is 12.3. The van der Waals surface area contributed by atoms with Crippen LogP contribution in [0.25, 0.3) is 0 Å². The molecule has 1 aliphatic rings. The number of carbonyl (C=O) groups is 1. The van der Waals surface area contributed by atoms with Gasteiger partial charge < -0.3 is 10.6 Å². The molecule has 20 heavy (non-hydrogen) atoms. The van der Waals surface area contributed by atoms with Crippen molar-refractivity contribution in [3.8, 4) is 0 Å². The first-order chi connectivity index (χ1) is 9.69. The van der Waals surface area contributed by atoms with Crippen LogP contribution in [0.2, 0.25) is 0 Å². The normalized spacial score (nSPS) is 22.9. The van der Waals surface area contributed by atoms with E-state index < -0.39 is 0 Å². The van der Waals surface area contributed by atoms with Crippen molar-refractivity contribution in [1.82, 2.24) is 10.3 Å². The molecule has 2 rings (SSSR count). The molecule has 1 fully saturated rings. The van der Waals surface area contributed by atoms with E-state index in [2.05, 4.69) is 22.5 Å². The Morgan fingerprint density at radius 3 is 3.00 bits per heavy atom. The highest BCUT2D eigenvalue weighted by Gasteiger charge is 2.18. The summed E-state index contributed by atoms with van der Waals surface area (Å²) in [5, 5.41) is 6.30. The molecule has 4 nitrogen and oxygen atoms in total. The summed E-state index contributed by atoms with van der Waals surface area (Å²) in [6.07, 6.45) is 7.59. The van der Waals surface area contributed by atoms with E-state index in [0.29, 0.717) is 11.6 Å². The molecule has 1 aliphatic carbocycles. The van der Waals surface area contributed by atoms with Crippen LogP contribution in [-0.4, -0.2) is 23.5 Å². The Bertz CT molecular complexity index is 447. The second-order valence-electron chi connectivity index (χ2n) is 5.74. The van der Waals surface area contributed by atoms with Crippen LogP contribution < -0.4 is 10.6 Å². The molecule has 1 heterocycles. The third-order valence-electron chi connectivity index (χ3n) is 3.97. The Morgan fingerprint density at radius 2 is 2.20 bits per heavy atom. The number of anilines is 1. The summed E-state index contributed by atoms with van der Waals surface area (Å²) < 4.78 is 0. The van der Waals surface area contributed by atoms with Crippen LogP contribution >= 0.6 is 0 Å². The molecule has 4 heteroatoms. The Morgan fingerprint density at radius 1 is 1.35 bits per heavy atom. The molecule has 2 unspecified atom stereocenters. The number of carbonyl (C=O) groups excluding carboxylic acids is 1. The van der Waals surface area contributed by atoms with Gasteiger partial charge in [0.15, 0.2) is 0 Å². The van der Waals surface area contributed by atoms with Crippen molar-refractivity contribution < 1.29 is 4.79 Å². The van der Waals surface area contributed by atoms with E-state index in [1.54, 1.807) is 12.3 Å². The standard InChI is InChI=1S/C16H25N3O/c1-3-17-15-11-13(9-10-18-15)16(20)19-14-6-4-5-12(2)7-8-14/h9-12,14H,3-8H2,1-2H3,(H,17,18)(H,19,20). The first kappa shape index (κ1) is 14.8. The third-order valence-corrected chi connectivity index (χ3v) is 3.97. The zero-order valence-corrected chi connectivity index (χ0v) is 12.5. The molecule has 0 aromatic carbocycles. The number of pyridine rings is 1. The number of nitrogens with zero attached hydrogens (tertiary/aromatic N) is 1. The average molecular weight is 275 g/mol. The lowest BCUT2D eigenvalue weighted by Crippen LogP contribution is -2.34. The SMILES string of the molecule is CCNc1cc(C(=O)NC2CCCC(C)CC2)ccn1. The van der Waals surface area contributed by atoms with Crippen LogP contribution in [0.3, 0.4) is 0 Å². The van der Waals surface area contributed by atoms with Crippen LogP contribution in [0.4, 0.5) is 5.82 Å². The first-order valence-corrected chi connectivity index (χ1v) is 7.69. The smallest absolute Gasteiger partial charge is 0.251 e. The van der Waals surface area contributed by atoms with Gasteiger partial charge in [-0.2, -0.15) is 0 Å². The molecule has 1 aromatic heterocycles. The van der Waals surface area contributed by atoms with Crippen LogP contribution in [-0.2, 0) is 0 Å². The van der Waals surface area contributed by atoms with Gasteiger partial charge in [0.2, 0.25) is 0 Å². The van der Waals surface area contributed by atoms with Gasteiger partial charge in [-0.25, -0.2) is 4.98 Å². The highest BCUT2D eigenvalue weighted by atomic mass is 16.1. The van der Waals surface area contributed by atoms with Crippen molar-refractivity contribution in [3.63, 3.8) is 0 Å². The second kappa shape index (κ2) is 7.27. The van der Waals surface area contributed by atoms with Gasteiger partial charge in [-0.15, -0.1) is 0 Å². The fraction of sp³-hybridized carbons (Fsp3) is 0.625. The predicted molar refractivity (Wildman–Crippen MR) is 81.9 cm³/mol. The Balaban J connectivity index is 1.95. The summed E-state index contributed by atoms with van der Waals surface area (Å²) in [5.74, 6) is 1.57.